The highest BCUT2D eigenvalue weighted by atomic mass is 32.2. The van der Waals surface area contributed by atoms with Gasteiger partial charge in [-0.1, -0.05) is 13.8 Å². The lowest BCUT2D eigenvalue weighted by Gasteiger charge is -2.26. The Hall–Kier alpha value is -1.51. The summed E-state index contributed by atoms with van der Waals surface area (Å²) in [5.41, 5.74) is 5.01. The third-order valence-electron chi connectivity index (χ3n) is 3.66. The van der Waals surface area contributed by atoms with E-state index in [0.717, 1.165) is 25.3 Å². The summed E-state index contributed by atoms with van der Waals surface area (Å²) in [4.78, 5) is 11.3. The molecule has 0 unspecified atom stereocenters. The highest BCUT2D eigenvalue weighted by Gasteiger charge is 2.27. The molecule has 124 valence electrons. The van der Waals surface area contributed by atoms with E-state index in [1.54, 1.807) is 0 Å². The van der Waals surface area contributed by atoms with Crippen LogP contribution in [0.2, 0.25) is 0 Å². The molecule has 0 heterocycles. The predicted octanol–water partition coefficient (Wildman–Crippen LogP) is 1.41. The smallest absolute Gasteiger partial charge is 0.339 e. The molecule has 1 aromatic rings. The first-order valence-corrected chi connectivity index (χ1v) is 8.34. The molecule has 8 heteroatoms. The van der Waals surface area contributed by atoms with Crippen molar-refractivity contribution >= 4 is 16.0 Å². The molecule has 0 spiro atoms. The molecule has 0 saturated heterocycles. The molecule has 3 N–H and O–H groups in total. The number of halogens is 1. The van der Waals surface area contributed by atoms with Crippen LogP contribution >= 0.6 is 0 Å². The Kier molecular flexibility index (Phi) is 6.04. The van der Waals surface area contributed by atoms with Gasteiger partial charge in [0.25, 0.3) is 0 Å². The number of rotatable bonds is 7. The maximum absolute atomic E-state index is 13.3. The van der Waals surface area contributed by atoms with Gasteiger partial charge >= 0.3 is 5.97 Å². The fourth-order valence-electron chi connectivity index (χ4n) is 1.82. The highest BCUT2D eigenvalue weighted by molar-refractivity contribution is 7.89. The minimum atomic E-state index is -4.01. The summed E-state index contributed by atoms with van der Waals surface area (Å²) in [5, 5.41) is 0. The number of sulfonamides is 1. The molecule has 0 aliphatic rings. The molecule has 0 fully saturated rings. The van der Waals surface area contributed by atoms with E-state index < -0.39 is 27.3 Å². The minimum Gasteiger partial charge on any atom is -0.465 e. The number of methoxy groups -OCH3 is 1. The van der Waals surface area contributed by atoms with Crippen molar-refractivity contribution in [2.75, 3.05) is 13.7 Å². The summed E-state index contributed by atoms with van der Waals surface area (Å²) < 4.78 is 44.9. The topological polar surface area (TPSA) is 98.5 Å². The van der Waals surface area contributed by atoms with Gasteiger partial charge in [0.15, 0.2) is 0 Å². The van der Waals surface area contributed by atoms with Crippen molar-refractivity contribution in [3.05, 3.63) is 29.6 Å². The molecule has 22 heavy (non-hydrogen) atoms. The Bertz CT molecular complexity index is 642. The number of benzene rings is 1. The second-order valence-electron chi connectivity index (χ2n) is 5.03. The van der Waals surface area contributed by atoms with E-state index >= 15 is 0 Å². The number of hydrogen-bond acceptors (Lipinski definition) is 5. The van der Waals surface area contributed by atoms with Crippen LogP contribution in [0.4, 0.5) is 4.39 Å². The van der Waals surface area contributed by atoms with E-state index in [1.807, 2.05) is 13.8 Å². The Morgan fingerprint density at radius 3 is 2.45 bits per heavy atom. The van der Waals surface area contributed by atoms with Crippen LogP contribution in [0.25, 0.3) is 0 Å². The number of esters is 1. The Labute approximate surface area is 129 Å². The van der Waals surface area contributed by atoms with Gasteiger partial charge in [0, 0.05) is 12.1 Å². The zero-order valence-electron chi connectivity index (χ0n) is 12.8. The first kappa shape index (κ1) is 18.5. The van der Waals surface area contributed by atoms with Crippen molar-refractivity contribution in [1.29, 1.82) is 0 Å². The number of nitrogens with two attached hydrogens (primary N) is 1. The van der Waals surface area contributed by atoms with E-state index in [2.05, 4.69) is 9.46 Å². The van der Waals surface area contributed by atoms with Crippen molar-refractivity contribution in [2.45, 2.75) is 37.1 Å². The van der Waals surface area contributed by atoms with Crippen LogP contribution in [0.5, 0.6) is 0 Å². The largest absolute Gasteiger partial charge is 0.465 e. The van der Waals surface area contributed by atoms with Crippen molar-refractivity contribution < 1.29 is 22.3 Å². The van der Waals surface area contributed by atoms with Crippen molar-refractivity contribution in [1.82, 2.24) is 4.72 Å². The van der Waals surface area contributed by atoms with Gasteiger partial charge in [0.05, 0.1) is 17.6 Å². The van der Waals surface area contributed by atoms with E-state index in [4.69, 9.17) is 5.73 Å². The lowest BCUT2D eigenvalue weighted by Crippen LogP contribution is -2.49. The monoisotopic (exact) mass is 332 g/mol. The molecule has 0 saturated carbocycles. The quantitative estimate of drug-likeness (QED) is 0.736. The van der Waals surface area contributed by atoms with Crippen LogP contribution in [0, 0.1) is 5.82 Å². The molecule has 1 rings (SSSR count). The first-order chi connectivity index (χ1) is 10.2. The molecule has 0 aliphatic carbocycles. The number of carbonyl (C=O) groups excluding carboxylic acids is 1. The maximum atomic E-state index is 13.3. The van der Waals surface area contributed by atoms with Crippen LogP contribution in [0.1, 0.15) is 37.0 Å². The summed E-state index contributed by atoms with van der Waals surface area (Å²) in [6, 6.07) is 2.83. The van der Waals surface area contributed by atoms with Crippen molar-refractivity contribution in [3.63, 3.8) is 0 Å². The summed E-state index contributed by atoms with van der Waals surface area (Å²) >= 11 is 0. The number of hydrogen-bond donors (Lipinski definition) is 2. The van der Waals surface area contributed by atoms with Crippen molar-refractivity contribution in [2.24, 2.45) is 5.73 Å². The molecular weight excluding hydrogens is 311 g/mol. The zero-order chi connectivity index (χ0) is 17.0. The second kappa shape index (κ2) is 7.17. The second-order valence-corrected chi connectivity index (χ2v) is 6.76. The van der Waals surface area contributed by atoms with Gasteiger partial charge < -0.3 is 10.5 Å². The van der Waals surface area contributed by atoms with Gasteiger partial charge in [-0.2, -0.15) is 0 Å². The lowest BCUT2D eigenvalue weighted by molar-refractivity contribution is 0.0595. The Morgan fingerprint density at radius 1 is 1.36 bits per heavy atom. The van der Waals surface area contributed by atoms with Crippen LogP contribution in [-0.2, 0) is 14.8 Å². The maximum Gasteiger partial charge on any atom is 0.339 e. The SMILES string of the molecule is CCC(N)(CC)CNS(=O)(=O)c1ccc(F)cc1C(=O)OC. The lowest BCUT2D eigenvalue weighted by atomic mass is 9.95. The summed E-state index contributed by atoms with van der Waals surface area (Å²) in [5.74, 6) is -1.65. The van der Waals surface area contributed by atoms with Gasteiger partial charge in [-0.05, 0) is 31.0 Å². The molecule has 6 nitrogen and oxygen atoms in total. The zero-order valence-corrected chi connectivity index (χ0v) is 13.7. The van der Waals surface area contributed by atoms with E-state index in [0.29, 0.717) is 12.8 Å². The fraction of sp³-hybridized carbons (Fsp3) is 0.500. The minimum absolute atomic E-state index is 0.0142. The number of carbonyl (C=O) groups is 1. The first-order valence-electron chi connectivity index (χ1n) is 6.85. The van der Waals surface area contributed by atoms with E-state index in [9.17, 15) is 17.6 Å². The van der Waals surface area contributed by atoms with Gasteiger partial charge in [-0.15, -0.1) is 0 Å². The third-order valence-corrected chi connectivity index (χ3v) is 5.12. The molecule has 0 radical (unpaired) electrons. The van der Waals surface area contributed by atoms with Crippen LogP contribution in [-0.4, -0.2) is 33.6 Å². The normalized spacial score (nSPS) is 12.2. The van der Waals surface area contributed by atoms with Crippen LogP contribution in [0.3, 0.4) is 0 Å². The number of nitrogens with one attached hydrogen (secondary N) is 1. The molecule has 0 atom stereocenters. The Morgan fingerprint density at radius 2 is 1.95 bits per heavy atom. The average molecular weight is 332 g/mol. The van der Waals surface area contributed by atoms with E-state index in [-0.39, 0.29) is 17.0 Å². The van der Waals surface area contributed by atoms with Crippen LogP contribution in [0.15, 0.2) is 23.1 Å². The van der Waals surface area contributed by atoms with Gasteiger partial charge in [0.1, 0.15) is 5.82 Å². The average Bonchev–Trinajstić information content (AvgIpc) is 2.51. The van der Waals surface area contributed by atoms with E-state index in [1.165, 1.54) is 0 Å². The summed E-state index contributed by atoms with van der Waals surface area (Å²) in [7, 11) is -2.92. The molecule has 0 bridgehead atoms. The number of ether oxygens (including phenoxy) is 1. The molecule has 0 aromatic heterocycles. The predicted molar refractivity (Wildman–Crippen MR) is 80.4 cm³/mol. The highest BCUT2D eigenvalue weighted by Crippen LogP contribution is 2.19. The molecule has 1 aromatic carbocycles. The Balaban J connectivity index is 3.16. The van der Waals surface area contributed by atoms with Gasteiger partial charge in [-0.25, -0.2) is 22.3 Å². The molecule has 0 aliphatic heterocycles. The van der Waals surface area contributed by atoms with Crippen LogP contribution < -0.4 is 10.5 Å². The fourth-order valence-corrected chi connectivity index (χ4v) is 3.13. The molecule has 0 amide bonds. The van der Waals surface area contributed by atoms with Gasteiger partial charge in [-0.3, -0.25) is 0 Å². The summed E-state index contributed by atoms with van der Waals surface area (Å²) in [6.45, 7) is 3.73. The summed E-state index contributed by atoms with van der Waals surface area (Å²) in [6.07, 6.45) is 1.17. The molecular formula is C14H21FN2O4S. The third kappa shape index (κ3) is 4.25. The van der Waals surface area contributed by atoms with Crippen molar-refractivity contribution in [3.8, 4) is 0 Å². The standard InChI is InChI=1S/C14H21FN2O4S/c1-4-14(16,5-2)9-17-22(19,20)12-7-6-10(15)8-11(12)13(18)21-3/h6-8,17H,4-5,9,16H2,1-3H3. The van der Waals surface area contributed by atoms with Gasteiger partial charge in [0.2, 0.25) is 10.0 Å².